The molecule has 1 aliphatic rings. The third-order valence-corrected chi connectivity index (χ3v) is 5.66. The summed E-state index contributed by atoms with van der Waals surface area (Å²) in [6.07, 6.45) is 5.79. The van der Waals surface area contributed by atoms with Gasteiger partial charge < -0.3 is 0 Å². The highest BCUT2D eigenvalue weighted by atomic mass is 32.1. The van der Waals surface area contributed by atoms with Gasteiger partial charge in [0.05, 0.1) is 17.2 Å². The molecule has 25 heavy (non-hydrogen) atoms. The van der Waals surface area contributed by atoms with Crippen LogP contribution >= 0.6 is 22.7 Å². The summed E-state index contributed by atoms with van der Waals surface area (Å²) >= 11 is 3.07. The fourth-order valence-electron chi connectivity index (χ4n) is 3.08. The van der Waals surface area contributed by atoms with Crippen molar-refractivity contribution in [2.45, 2.75) is 25.4 Å². The van der Waals surface area contributed by atoms with Gasteiger partial charge >= 0.3 is 0 Å². The van der Waals surface area contributed by atoms with E-state index in [9.17, 15) is 4.79 Å². The molecule has 1 aliphatic heterocycles. The largest absolute Gasteiger partial charge is 0.296 e. The van der Waals surface area contributed by atoms with E-state index in [4.69, 9.17) is 0 Å². The van der Waals surface area contributed by atoms with Gasteiger partial charge in [0, 0.05) is 29.2 Å². The molecule has 0 spiro atoms. The van der Waals surface area contributed by atoms with Gasteiger partial charge in [-0.2, -0.15) is 0 Å². The summed E-state index contributed by atoms with van der Waals surface area (Å²) in [7, 11) is 0. The van der Waals surface area contributed by atoms with Crippen LogP contribution in [0, 0.1) is 0 Å². The summed E-state index contributed by atoms with van der Waals surface area (Å²) in [6, 6.07) is 5.90. The molecule has 4 heterocycles. The number of pyridine rings is 1. The van der Waals surface area contributed by atoms with Crippen molar-refractivity contribution < 1.29 is 4.79 Å². The first-order chi connectivity index (χ1) is 12.3. The molecule has 3 aromatic rings. The number of thiazole rings is 2. The maximum Gasteiger partial charge on any atom is 0.276 e. The van der Waals surface area contributed by atoms with Crippen LogP contribution in [0.2, 0.25) is 0 Å². The van der Waals surface area contributed by atoms with Crippen molar-refractivity contribution in [1.29, 1.82) is 0 Å². The molecule has 1 fully saturated rings. The van der Waals surface area contributed by atoms with E-state index < -0.39 is 0 Å². The number of likely N-dealkylation sites (tertiary alicyclic amines) is 1. The molecule has 1 amide bonds. The smallest absolute Gasteiger partial charge is 0.276 e. The number of carbonyl (C=O) groups excluding carboxylic acids is 1. The Morgan fingerprint density at radius 2 is 2.32 bits per heavy atom. The monoisotopic (exact) mass is 371 g/mol. The van der Waals surface area contributed by atoms with Gasteiger partial charge in [0.2, 0.25) is 0 Å². The number of nitrogens with one attached hydrogen (secondary N) is 1. The third kappa shape index (κ3) is 3.76. The highest BCUT2D eigenvalue weighted by molar-refractivity contribution is 7.13. The minimum atomic E-state index is -0.219. The molecule has 4 rings (SSSR count). The fraction of sp³-hybridized carbons (Fsp3) is 0.294. The second-order valence-electron chi connectivity index (χ2n) is 5.84. The number of hydrogen-bond donors (Lipinski definition) is 1. The van der Waals surface area contributed by atoms with E-state index in [-0.39, 0.29) is 11.9 Å². The van der Waals surface area contributed by atoms with Crippen LogP contribution in [0.4, 0.5) is 5.13 Å². The predicted octanol–water partition coefficient (Wildman–Crippen LogP) is 3.58. The second kappa shape index (κ2) is 7.38. The van der Waals surface area contributed by atoms with Gasteiger partial charge in [-0.3, -0.25) is 20.0 Å². The minimum absolute atomic E-state index is 0.219. The van der Waals surface area contributed by atoms with E-state index in [1.807, 2.05) is 29.2 Å². The topological polar surface area (TPSA) is 71.0 Å². The summed E-state index contributed by atoms with van der Waals surface area (Å²) in [5.41, 5.74) is 3.24. The standard InChI is InChI=1S/C17H17N5OS2/c23-16(21-17-19-6-8-24-17)14-4-1-3-13(20-14)15-5-2-7-22(15)10-12-9-18-11-25-12/h1,3-4,6,8-9,11,15H,2,5,7,10H2,(H,19,21,23)/t15-/m1/s1. The first-order valence-corrected chi connectivity index (χ1v) is 9.85. The van der Waals surface area contributed by atoms with E-state index in [2.05, 4.69) is 25.2 Å². The Kier molecular flexibility index (Phi) is 4.82. The van der Waals surface area contributed by atoms with Crippen molar-refractivity contribution in [3.63, 3.8) is 0 Å². The Balaban J connectivity index is 1.51. The molecule has 0 bridgehead atoms. The Hall–Kier alpha value is -2.16. The number of amides is 1. The lowest BCUT2D eigenvalue weighted by atomic mass is 10.1. The van der Waals surface area contributed by atoms with Gasteiger partial charge in [-0.05, 0) is 31.5 Å². The Labute approximate surface area is 153 Å². The average molecular weight is 371 g/mol. The molecule has 0 aromatic carbocycles. The van der Waals surface area contributed by atoms with Crippen LogP contribution in [0.3, 0.4) is 0 Å². The normalized spacial score (nSPS) is 17.7. The summed E-state index contributed by atoms with van der Waals surface area (Å²) in [4.78, 5) is 28.9. The van der Waals surface area contributed by atoms with Crippen LogP contribution in [0.5, 0.6) is 0 Å². The first-order valence-electron chi connectivity index (χ1n) is 8.09. The molecular formula is C17H17N5OS2. The summed E-state index contributed by atoms with van der Waals surface area (Å²) in [6.45, 7) is 1.92. The zero-order valence-corrected chi connectivity index (χ0v) is 15.1. The van der Waals surface area contributed by atoms with Crippen LogP contribution in [0.15, 0.2) is 41.5 Å². The summed E-state index contributed by atoms with van der Waals surface area (Å²) in [5, 5.41) is 5.21. The van der Waals surface area contributed by atoms with Crippen LogP contribution in [-0.2, 0) is 6.54 Å². The van der Waals surface area contributed by atoms with Crippen LogP contribution in [-0.4, -0.2) is 32.3 Å². The van der Waals surface area contributed by atoms with Gasteiger partial charge in [-0.15, -0.1) is 22.7 Å². The number of hydrogen-bond acceptors (Lipinski definition) is 7. The van der Waals surface area contributed by atoms with E-state index >= 15 is 0 Å². The molecule has 0 aliphatic carbocycles. The lowest BCUT2D eigenvalue weighted by Gasteiger charge is -2.23. The third-order valence-electron chi connectivity index (χ3n) is 4.20. The van der Waals surface area contributed by atoms with E-state index in [0.717, 1.165) is 31.6 Å². The molecule has 0 unspecified atom stereocenters. The number of carbonyl (C=O) groups is 1. The van der Waals surface area contributed by atoms with Crippen LogP contribution in [0.1, 0.15) is 39.9 Å². The van der Waals surface area contributed by atoms with E-state index in [1.54, 1.807) is 23.6 Å². The predicted molar refractivity (Wildman–Crippen MR) is 98.8 cm³/mol. The molecule has 1 atom stereocenters. The van der Waals surface area contributed by atoms with Crippen LogP contribution in [0.25, 0.3) is 0 Å². The minimum Gasteiger partial charge on any atom is -0.296 e. The van der Waals surface area contributed by atoms with Gasteiger partial charge in [-0.1, -0.05) is 6.07 Å². The second-order valence-corrected chi connectivity index (χ2v) is 7.70. The first kappa shape index (κ1) is 16.3. The van der Waals surface area contributed by atoms with Crippen molar-refractivity contribution >= 4 is 33.7 Å². The maximum atomic E-state index is 12.4. The number of aromatic nitrogens is 3. The highest BCUT2D eigenvalue weighted by Crippen LogP contribution is 2.32. The zero-order chi connectivity index (χ0) is 17.1. The lowest BCUT2D eigenvalue weighted by molar-refractivity contribution is 0.102. The Morgan fingerprint density at radius 1 is 1.36 bits per heavy atom. The van der Waals surface area contributed by atoms with Gasteiger partial charge in [0.1, 0.15) is 5.69 Å². The molecule has 1 saturated heterocycles. The summed E-state index contributed by atoms with van der Waals surface area (Å²) < 4.78 is 0. The highest BCUT2D eigenvalue weighted by Gasteiger charge is 2.28. The van der Waals surface area contributed by atoms with E-state index in [1.165, 1.54) is 16.2 Å². The molecule has 6 nitrogen and oxygen atoms in total. The zero-order valence-electron chi connectivity index (χ0n) is 13.5. The number of anilines is 1. The molecule has 0 radical (unpaired) electrons. The molecular weight excluding hydrogens is 354 g/mol. The maximum absolute atomic E-state index is 12.4. The lowest BCUT2D eigenvalue weighted by Crippen LogP contribution is -2.24. The van der Waals surface area contributed by atoms with Gasteiger partial charge in [-0.25, -0.2) is 9.97 Å². The number of nitrogens with zero attached hydrogens (tertiary/aromatic N) is 4. The SMILES string of the molecule is O=C(Nc1nccs1)c1cccc([C@H]2CCCN2Cc2cncs2)n1. The van der Waals surface area contributed by atoms with Crippen molar-refractivity contribution in [1.82, 2.24) is 19.9 Å². The van der Waals surface area contributed by atoms with Gasteiger partial charge in [0.15, 0.2) is 5.13 Å². The Morgan fingerprint density at radius 3 is 3.12 bits per heavy atom. The van der Waals surface area contributed by atoms with Gasteiger partial charge in [0.25, 0.3) is 5.91 Å². The van der Waals surface area contributed by atoms with Crippen molar-refractivity contribution in [2.75, 3.05) is 11.9 Å². The van der Waals surface area contributed by atoms with E-state index in [0.29, 0.717) is 10.8 Å². The quantitative estimate of drug-likeness (QED) is 0.742. The summed E-state index contributed by atoms with van der Waals surface area (Å²) in [5.74, 6) is -0.219. The Bertz CT molecular complexity index is 835. The van der Waals surface area contributed by atoms with Crippen LogP contribution < -0.4 is 5.32 Å². The van der Waals surface area contributed by atoms with Crippen molar-refractivity contribution in [2.24, 2.45) is 0 Å². The molecule has 3 aromatic heterocycles. The molecule has 128 valence electrons. The van der Waals surface area contributed by atoms with Crippen molar-refractivity contribution in [3.05, 3.63) is 57.7 Å². The molecule has 0 saturated carbocycles. The number of rotatable bonds is 5. The molecule has 8 heteroatoms. The fourth-order valence-corrected chi connectivity index (χ4v) is 4.22. The van der Waals surface area contributed by atoms with Crippen molar-refractivity contribution in [3.8, 4) is 0 Å². The average Bonchev–Trinajstić information content (AvgIpc) is 3.38. The molecule has 1 N–H and O–H groups in total.